The molecule has 1 N–H and O–H groups in total. The molecular weight excluding hydrogens is 418 g/mol. The van der Waals surface area contributed by atoms with Gasteiger partial charge in [-0.25, -0.2) is 0 Å². The van der Waals surface area contributed by atoms with Crippen LogP contribution in [0.3, 0.4) is 0 Å². The number of unbranched alkanes of at least 4 members (excludes halogenated alkanes) is 1. The fourth-order valence-electron chi connectivity index (χ4n) is 3.89. The quantitative estimate of drug-likeness (QED) is 0.212. The maximum atomic E-state index is 13.0. The molecule has 3 rings (SSSR count). The van der Waals surface area contributed by atoms with E-state index in [-0.39, 0.29) is 11.3 Å². The molecule has 1 atom stereocenters. The Morgan fingerprint density at radius 3 is 2.30 bits per heavy atom. The second kappa shape index (κ2) is 11.5. The van der Waals surface area contributed by atoms with Crippen LogP contribution in [0.25, 0.3) is 5.76 Å². The molecule has 1 heterocycles. The van der Waals surface area contributed by atoms with E-state index in [1.807, 2.05) is 38.1 Å². The zero-order valence-corrected chi connectivity index (χ0v) is 19.7. The Morgan fingerprint density at radius 1 is 0.909 bits per heavy atom. The summed E-state index contributed by atoms with van der Waals surface area (Å²) < 4.78 is 11.4. The summed E-state index contributed by atoms with van der Waals surface area (Å²) in [5.41, 5.74) is 1.30. The normalized spacial score (nSPS) is 17.4. The lowest BCUT2D eigenvalue weighted by Gasteiger charge is -2.25. The van der Waals surface area contributed by atoms with Crippen molar-refractivity contribution < 1.29 is 24.2 Å². The van der Waals surface area contributed by atoms with Crippen molar-refractivity contribution in [2.75, 3.05) is 19.8 Å². The minimum absolute atomic E-state index is 0.0979. The topological polar surface area (TPSA) is 76.1 Å². The molecule has 0 bridgehead atoms. The molecule has 1 aliphatic heterocycles. The molecule has 176 valence electrons. The summed E-state index contributed by atoms with van der Waals surface area (Å²) in [5, 5.41) is 11.2. The van der Waals surface area contributed by atoms with E-state index in [1.54, 1.807) is 24.3 Å². The van der Waals surface area contributed by atoms with E-state index in [2.05, 4.69) is 6.92 Å². The van der Waals surface area contributed by atoms with Gasteiger partial charge in [-0.3, -0.25) is 9.59 Å². The molecular formula is C27H33NO5. The van der Waals surface area contributed by atoms with Gasteiger partial charge in [-0.05, 0) is 49.1 Å². The van der Waals surface area contributed by atoms with E-state index in [1.165, 1.54) is 4.90 Å². The number of carbonyl (C=O) groups excluding carboxylic acids is 2. The highest BCUT2D eigenvalue weighted by Crippen LogP contribution is 2.40. The maximum Gasteiger partial charge on any atom is 0.295 e. The number of amides is 1. The standard InChI is InChI=1S/C27H33NO5/c1-4-7-17-33-21-13-11-19(12-14-21)24-23(26(30)27(31)28(24)15-5-2)25(29)20-9-8-10-22(18-20)32-16-6-3/h8-14,18,24,29H,4-7,15-17H2,1-3H3/b25-23-. The Bertz CT molecular complexity index is 996. The van der Waals surface area contributed by atoms with E-state index >= 15 is 0 Å². The van der Waals surface area contributed by atoms with Gasteiger partial charge in [-0.1, -0.05) is 51.5 Å². The van der Waals surface area contributed by atoms with Crippen molar-refractivity contribution in [3.8, 4) is 11.5 Å². The van der Waals surface area contributed by atoms with Crippen LogP contribution in [0, 0.1) is 0 Å². The number of benzene rings is 2. The molecule has 1 fully saturated rings. The summed E-state index contributed by atoms with van der Waals surface area (Å²) in [7, 11) is 0. The third-order valence-corrected chi connectivity index (χ3v) is 5.55. The summed E-state index contributed by atoms with van der Waals surface area (Å²) in [4.78, 5) is 27.4. The van der Waals surface area contributed by atoms with Gasteiger partial charge in [0.25, 0.3) is 11.7 Å². The average Bonchev–Trinajstić information content (AvgIpc) is 3.08. The monoisotopic (exact) mass is 451 g/mol. The van der Waals surface area contributed by atoms with Gasteiger partial charge in [0.15, 0.2) is 0 Å². The molecule has 2 aromatic carbocycles. The van der Waals surface area contributed by atoms with Crippen LogP contribution in [0.15, 0.2) is 54.1 Å². The van der Waals surface area contributed by atoms with Crippen LogP contribution in [0.2, 0.25) is 0 Å². The zero-order chi connectivity index (χ0) is 23.8. The Morgan fingerprint density at radius 2 is 1.64 bits per heavy atom. The van der Waals surface area contributed by atoms with Crippen LogP contribution >= 0.6 is 0 Å². The van der Waals surface area contributed by atoms with Crippen LogP contribution in [-0.2, 0) is 9.59 Å². The number of likely N-dealkylation sites (tertiary alicyclic amines) is 1. The van der Waals surface area contributed by atoms with E-state index in [0.29, 0.717) is 37.5 Å². The molecule has 0 saturated carbocycles. The van der Waals surface area contributed by atoms with Crippen LogP contribution < -0.4 is 9.47 Å². The molecule has 6 nitrogen and oxygen atoms in total. The summed E-state index contributed by atoms with van der Waals surface area (Å²) in [6.45, 7) is 7.68. The minimum atomic E-state index is -0.672. The lowest BCUT2D eigenvalue weighted by Crippen LogP contribution is -2.30. The Hall–Kier alpha value is -3.28. The number of Topliss-reactive ketones (excluding diaryl/α,β-unsaturated/α-hetero) is 1. The van der Waals surface area contributed by atoms with Crippen molar-refractivity contribution in [2.45, 2.75) is 52.5 Å². The fraction of sp³-hybridized carbons (Fsp3) is 0.407. The van der Waals surface area contributed by atoms with Gasteiger partial charge in [0, 0.05) is 12.1 Å². The molecule has 0 spiro atoms. The third-order valence-electron chi connectivity index (χ3n) is 5.55. The number of hydrogen-bond donors (Lipinski definition) is 1. The molecule has 1 aliphatic rings. The van der Waals surface area contributed by atoms with Crippen LogP contribution in [0.4, 0.5) is 0 Å². The highest BCUT2D eigenvalue weighted by Gasteiger charge is 2.45. The first-order chi connectivity index (χ1) is 16.0. The SMILES string of the molecule is CCCCOc1ccc(C2/C(=C(/O)c3cccc(OCCC)c3)C(=O)C(=O)N2CCC)cc1. The summed E-state index contributed by atoms with van der Waals surface area (Å²) in [6, 6.07) is 13.7. The molecule has 1 saturated heterocycles. The first kappa shape index (κ1) is 24.4. The zero-order valence-electron chi connectivity index (χ0n) is 19.7. The van der Waals surface area contributed by atoms with Crippen molar-refractivity contribution in [1.82, 2.24) is 4.90 Å². The predicted octanol–water partition coefficient (Wildman–Crippen LogP) is 5.49. The van der Waals surface area contributed by atoms with Crippen molar-refractivity contribution in [3.63, 3.8) is 0 Å². The first-order valence-corrected chi connectivity index (χ1v) is 11.8. The Balaban J connectivity index is 2.01. The van der Waals surface area contributed by atoms with Crippen molar-refractivity contribution in [2.24, 2.45) is 0 Å². The van der Waals surface area contributed by atoms with Gasteiger partial charge in [0.05, 0.1) is 24.8 Å². The molecule has 0 radical (unpaired) electrons. The van der Waals surface area contributed by atoms with E-state index < -0.39 is 17.7 Å². The van der Waals surface area contributed by atoms with E-state index in [0.717, 1.165) is 30.6 Å². The third kappa shape index (κ3) is 5.56. The second-order valence-corrected chi connectivity index (χ2v) is 8.14. The van der Waals surface area contributed by atoms with Crippen LogP contribution in [0.1, 0.15) is 63.6 Å². The average molecular weight is 452 g/mol. The highest BCUT2D eigenvalue weighted by molar-refractivity contribution is 6.46. The number of nitrogens with zero attached hydrogens (tertiary/aromatic N) is 1. The van der Waals surface area contributed by atoms with Crippen LogP contribution in [0.5, 0.6) is 11.5 Å². The summed E-state index contributed by atoms with van der Waals surface area (Å²) >= 11 is 0. The summed E-state index contributed by atoms with van der Waals surface area (Å²) in [5.74, 6) is -0.115. The van der Waals surface area contributed by atoms with Gasteiger partial charge < -0.3 is 19.5 Å². The minimum Gasteiger partial charge on any atom is -0.507 e. The fourth-order valence-corrected chi connectivity index (χ4v) is 3.89. The number of hydrogen-bond acceptors (Lipinski definition) is 5. The predicted molar refractivity (Wildman–Crippen MR) is 128 cm³/mol. The highest BCUT2D eigenvalue weighted by atomic mass is 16.5. The number of carbonyl (C=O) groups is 2. The van der Waals surface area contributed by atoms with Gasteiger partial charge in [0.1, 0.15) is 17.3 Å². The van der Waals surface area contributed by atoms with Gasteiger partial charge >= 0.3 is 0 Å². The number of aliphatic hydroxyl groups is 1. The van der Waals surface area contributed by atoms with Crippen molar-refractivity contribution in [1.29, 1.82) is 0 Å². The van der Waals surface area contributed by atoms with E-state index in [9.17, 15) is 14.7 Å². The maximum absolute atomic E-state index is 13.0. The van der Waals surface area contributed by atoms with E-state index in [4.69, 9.17) is 9.47 Å². The van der Waals surface area contributed by atoms with Crippen molar-refractivity contribution >= 4 is 17.4 Å². The lowest BCUT2D eigenvalue weighted by molar-refractivity contribution is -0.139. The summed E-state index contributed by atoms with van der Waals surface area (Å²) in [6.07, 6.45) is 3.58. The largest absolute Gasteiger partial charge is 0.507 e. The van der Waals surface area contributed by atoms with Crippen molar-refractivity contribution in [3.05, 3.63) is 65.2 Å². The number of ketones is 1. The molecule has 0 aromatic heterocycles. The Labute approximate surface area is 195 Å². The molecule has 6 heteroatoms. The van der Waals surface area contributed by atoms with Gasteiger partial charge in [0.2, 0.25) is 0 Å². The lowest BCUT2D eigenvalue weighted by atomic mass is 9.95. The van der Waals surface area contributed by atoms with Crippen LogP contribution in [-0.4, -0.2) is 41.5 Å². The Kier molecular flexibility index (Phi) is 8.52. The first-order valence-electron chi connectivity index (χ1n) is 11.8. The molecule has 33 heavy (non-hydrogen) atoms. The molecule has 1 amide bonds. The van der Waals surface area contributed by atoms with Gasteiger partial charge in [-0.15, -0.1) is 0 Å². The number of rotatable bonds is 11. The molecule has 0 aliphatic carbocycles. The second-order valence-electron chi connectivity index (χ2n) is 8.14. The number of aliphatic hydroxyl groups excluding tert-OH is 1. The molecule has 1 unspecified atom stereocenters. The van der Waals surface area contributed by atoms with Gasteiger partial charge in [-0.2, -0.15) is 0 Å². The number of ether oxygens (including phenoxy) is 2. The molecule has 2 aromatic rings. The smallest absolute Gasteiger partial charge is 0.295 e.